The van der Waals surface area contributed by atoms with Crippen LogP contribution in [0.2, 0.25) is 0 Å². The van der Waals surface area contributed by atoms with Crippen molar-refractivity contribution in [3.05, 3.63) is 18.2 Å². The average Bonchev–Trinajstić information content (AvgIpc) is 2.37. The number of nitrogens with one attached hydrogen (secondary N) is 1. The van der Waals surface area contributed by atoms with E-state index in [1.165, 1.54) is 6.92 Å². The molecule has 1 atom stereocenters. The van der Waals surface area contributed by atoms with Crippen molar-refractivity contribution < 1.29 is 23.0 Å². The molecular formula is C11H15NO5S. The zero-order chi connectivity index (χ0) is 13.2. The molecule has 1 aromatic rings. The first-order chi connectivity index (χ1) is 8.53. The van der Waals surface area contributed by atoms with Crippen LogP contribution in [-0.2, 0) is 10.0 Å². The van der Waals surface area contributed by atoms with Crippen molar-refractivity contribution in [1.82, 2.24) is 0 Å². The predicted molar refractivity (Wildman–Crippen MR) is 66.5 cm³/mol. The lowest BCUT2D eigenvalue weighted by Gasteiger charge is -2.19. The molecule has 0 aromatic heterocycles. The van der Waals surface area contributed by atoms with E-state index in [1.54, 1.807) is 18.2 Å². The predicted octanol–water partition coefficient (Wildman–Crippen LogP) is 0.580. The summed E-state index contributed by atoms with van der Waals surface area (Å²) in [4.78, 5) is 0. The first-order valence-corrected chi connectivity index (χ1v) is 7.09. The first-order valence-electron chi connectivity index (χ1n) is 5.55. The molecule has 0 aliphatic carbocycles. The second-order valence-corrected chi connectivity index (χ2v) is 6.10. The van der Waals surface area contributed by atoms with Gasteiger partial charge in [-0.15, -0.1) is 0 Å². The fourth-order valence-corrected chi connectivity index (χ4v) is 2.32. The van der Waals surface area contributed by atoms with Gasteiger partial charge in [-0.2, -0.15) is 0 Å². The van der Waals surface area contributed by atoms with Crippen LogP contribution in [0.1, 0.15) is 6.92 Å². The summed E-state index contributed by atoms with van der Waals surface area (Å²) in [7, 11) is -3.59. The summed E-state index contributed by atoms with van der Waals surface area (Å²) in [5.41, 5.74) is 0.388. The Morgan fingerprint density at radius 1 is 1.33 bits per heavy atom. The number of fused-ring (bicyclic) bond motifs is 1. The van der Waals surface area contributed by atoms with Gasteiger partial charge in [0.05, 0.1) is 12.3 Å². The van der Waals surface area contributed by atoms with Crippen molar-refractivity contribution in [3.63, 3.8) is 0 Å². The molecule has 1 aliphatic heterocycles. The normalized spacial score (nSPS) is 16.1. The fourth-order valence-electron chi connectivity index (χ4n) is 1.47. The molecule has 2 rings (SSSR count). The van der Waals surface area contributed by atoms with Crippen LogP contribution < -0.4 is 14.2 Å². The molecule has 0 amide bonds. The van der Waals surface area contributed by atoms with E-state index in [9.17, 15) is 8.42 Å². The molecule has 0 saturated heterocycles. The maximum absolute atomic E-state index is 11.8. The number of anilines is 1. The standard InChI is InChI=1S/C11H15NO5S/c1-8(7-13)18(14,15)12-9-2-3-10-11(6-9)17-5-4-16-10/h2-3,6,8,12-13H,4-5,7H2,1H3. The van der Waals surface area contributed by atoms with Crippen LogP contribution in [-0.4, -0.2) is 38.6 Å². The number of hydrogen-bond acceptors (Lipinski definition) is 5. The van der Waals surface area contributed by atoms with E-state index >= 15 is 0 Å². The minimum absolute atomic E-state index is 0.388. The molecule has 0 fully saturated rings. The maximum atomic E-state index is 11.8. The van der Waals surface area contributed by atoms with E-state index < -0.39 is 21.9 Å². The number of aliphatic hydroxyl groups excluding tert-OH is 1. The zero-order valence-corrected chi connectivity index (χ0v) is 10.7. The number of aliphatic hydroxyl groups is 1. The molecule has 0 bridgehead atoms. The third-order valence-corrected chi connectivity index (χ3v) is 4.32. The van der Waals surface area contributed by atoms with Gasteiger partial charge in [0, 0.05) is 6.07 Å². The Kier molecular flexibility index (Phi) is 3.63. The highest BCUT2D eigenvalue weighted by Crippen LogP contribution is 2.33. The van der Waals surface area contributed by atoms with Crippen LogP contribution in [0.4, 0.5) is 5.69 Å². The van der Waals surface area contributed by atoms with Crippen LogP contribution in [0, 0.1) is 0 Å². The van der Waals surface area contributed by atoms with E-state index in [1.807, 2.05) is 0 Å². The molecule has 2 N–H and O–H groups in total. The summed E-state index contributed by atoms with van der Waals surface area (Å²) >= 11 is 0. The van der Waals surface area contributed by atoms with E-state index in [2.05, 4.69) is 4.72 Å². The highest BCUT2D eigenvalue weighted by atomic mass is 32.2. The van der Waals surface area contributed by atoms with Crippen LogP contribution in [0.15, 0.2) is 18.2 Å². The van der Waals surface area contributed by atoms with Gasteiger partial charge in [-0.25, -0.2) is 8.42 Å². The lowest BCUT2D eigenvalue weighted by atomic mass is 10.3. The molecule has 1 heterocycles. The lowest BCUT2D eigenvalue weighted by molar-refractivity contribution is 0.171. The van der Waals surface area contributed by atoms with Crippen LogP contribution in [0.3, 0.4) is 0 Å². The molecule has 7 heteroatoms. The number of sulfonamides is 1. The van der Waals surface area contributed by atoms with Crippen molar-refractivity contribution in [1.29, 1.82) is 0 Å². The second-order valence-electron chi connectivity index (χ2n) is 4.00. The molecule has 0 radical (unpaired) electrons. The molecule has 1 unspecified atom stereocenters. The summed E-state index contributed by atoms with van der Waals surface area (Å²) in [6, 6.07) is 4.81. The summed E-state index contributed by atoms with van der Waals surface area (Å²) in [5.74, 6) is 1.11. The fraction of sp³-hybridized carbons (Fsp3) is 0.455. The van der Waals surface area contributed by atoms with Gasteiger partial charge in [-0.3, -0.25) is 4.72 Å². The second kappa shape index (κ2) is 5.03. The van der Waals surface area contributed by atoms with Crippen molar-refractivity contribution in [2.24, 2.45) is 0 Å². The van der Waals surface area contributed by atoms with Gasteiger partial charge in [0.1, 0.15) is 18.5 Å². The molecule has 6 nitrogen and oxygen atoms in total. The molecule has 0 spiro atoms. The van der Waals surface area contributed by atoms with Crippen LogP contribution in [0.25, 0.3) is 0 Å². The van der Waals surface area contributed by atoms with E-state index in [-0.39, 0.29) is 0 Å². The Balaban J connectivity index is 2.20. The van der Waals surface area contributed by atoms with Gasteiger partial charge in [0.15, 0.2) is 11.5 Å². The number of hydrogen-bond donors (Lipinski definition) is 2. The van der Waals surface area contributed by atoms with Crippen LogP contribution >= 0.6 is 0 Å². The molecule has 0 saturated carbocycles. The Bertz CT molecular complexity index is 528. The highest BCUT2D eigenvalue weighted by Gasteiger charge is 2.20. The molecule has 18 heavy (non-hydrogen) atoms. The maximum Gasteiger partial charge on any atom is 0.237 e. The minimum Gasteiger partial charge on any atom is -0.486 e. The van der Waals surface area contributed by atoms with E-state index in [0.29, 0.717) is 30.4 Å². The van der Waals surface area contributed by atoms with Crippen molar-refractivity contribution in [2.45, 2.75) is 12.2 Å². The molecule has 1 aliphatic rings. The third-order valence-electron chi connectivity index (χ3n) is 2.59. The topological polar surface area (TPSA) is 84.9 Å². The molecule has 1 aromatic carbocycles. The minimum atomic E-state index is -3.59. The van der Waals surface area contributed by atoms with E-state index in [0.717, 1.165) is 0 Å². The Morgan fingerprint density at radius 3 is 2.67 bits per heavy atom. The largest absolute Gasteiger partial charge is 0.486 e. The van der Waals surface area contributed by atoms with Crippen molar-refractivity contribution >= 4 is 15.7 Å². The quantitative estimate of drug-likeness (QED) is 0.838. The summed E-state index contributed by atoms with van der Waals surface area (Å²) in [6.07, 6.45) is 0. The van der Waals surface area contributed by atoms with E-state index in [4.69, 9.17) is 14.6 Å². The first kappa shape index (κ1) is 13.0. The van der Waals surface area contributed by atoms with Gasteiger partial charge in [0.25, 0.3) is 0 Å². The highest BCUT2D eigenvalue weighted by molar-refractivity contribution is 7.93. The monoisotopic (exact) mass is 273 g/mol. The third kappa shape index (κ3) is 2.68. The number of benzene rings is 1. The van der Waals surface area contributed by atoms with Crippen molar-refractivity contribution in [3.8, 4) is 11.5 Å². The SMILES string of the molecule is CC(CO)S(=O)(=O)Nc1ccc2c(c1)OCCO2. The van der Waals surface area contributed by atoms with Gasteiger partial charge in [-0.1, -0.05) is 0 Å². The Morgan fingerprint density at radius 2 is 2.00 bits per heavy atom. The molecular weight excluding hydrogens is 258 g/mol. The van der Waals surface area contributed by atoms with Gasteiger partial charge < -0.3 is 14.6 Å². The number of rotatable bonds is 4. The lowest BCUT2D eigenvalue weighted by Crippen LogP contribution is -2.28. The zero-order valence-electron chi connectivity index (χ0n) is 9.92. The Labute approximate surface area is 106 Å². The van der Waals surface area contributed by atoms with Gasteiger partial charge >= 0.3 is 0 Å². The number of ether oxygens (including phenoxy) is 2. The molecule has 100 valence electrons. The average molecular weight is 273 g/mol. The van der Waals surface area contributed by atoms with Crippen molar-refractivity contribution in [2.75, 3.05) is 24.5 Å². The van der Waals surface area contributed by atoms with Crippen LogP contribution in [0.5, 0.6) is 11.5 Å². The summed E-state index contributed by atoms with van der Waals surface area (Å²) in [5, 5.41) is 8.01. The summed E-state index contributed by atoms with van der Waals surface area (Å²) < 4.78 is 36.6. The summed E-state index contributed by atoms with van der Waals surface area (Å²) in [6.45, 7) is 1.93. The Hall–Kier alpha value is -1.47. The van der Waals surface area contributed by atoms with Gasteiger partial charge in [-0.05, 0) is 19.1 Å². The van der Waals surface area contributed by atoms with Gasteiger partial charge in [0.2, 0.25) is 10.0 Å². The smallest absolute Gasteiger partial charge is 0.237 e.